The Hall–Kier alpha value is -1.08. The van der Waals surface area contributed by atoms with Gasteiger partial charge in [0.25, 0.3) is 0 Å². The summed E-state index contributed by atoms with van der Waals surface area (Å²) in [5, 5.41) is 8.80. The summed E-state index contributed by atoms with van der Waals surface area (Å²) in [4.78, 5) is 15.2. The summed E-state index contributed by atoms with van der Waals surface area (Å²) < 4.78 is 22.6. The average Bonchev–Trinajstić information content (AvgIpc) is 2.58. The molecule has 0 bridgehead atoms. The number of sulfone groups is 1. The van der Waals surface area contributed by atoms with Crippen molar-refractivity contribution in [2.24, 2.45) is 0 Å². The van der Waals surface area contributed by atoms with E-state index in [1.54, 1.807) is 6.07 Å². The maximum Gasteiger partial charge on any atom is 0.354 e. The third-order valence-corrected chi connectivity index (χ3v) is 5.68. The van der Waals surface area contributed by atoms with Crippen LogP contribution in [0.3, 0.4) is 0 Å². The average molecular weight is 273 g/mol. The fourth-order valence-electron chi connectivity index (χ4n) is 1.65. The molecule has 0 aliphatic carbocycles. The van der Waals surface area contributed by atoms with Crippen molar-refractivity contribution >= 4 is 27.6 Å². The van der Waals surface area contributed by atoms with Crippen LogP contribution in [0.4, 0.5) is 0 Å². The highest BCUT2D eigenvalue weighted by molar-refractivity contribution is 8.01. The number of aromatic carboxylic acids is 1. The molecule has 1 aromatic rings. The molecule has 1 saturated heterocycles. The van der Waals surface area contributed by atoms with Crippen LogP contribution in [-0.2, 0) is 9.84 Å². The summed E-state index contributed by atoms with van der Waals surface area (Å²) in [6, 6.07) is 3.17. The zero-order valence-electron chi connectivity index (χ0n) is 8.87. The molecule has 1 aromatic heterocycles. The van der Waals surface area contributed by atoms with Crippen molar-refractivity contribution < 1.29 is 18.3 Å². The van der Waals surface area contributed by atoms with Crippen LogP contribution in [0.5, 0.6) is 0 Å². The van der Waals surface area contributed by atoms with Crippen LogP contribution in [0.1, 0.15) is 16.9 Å². The van der Waals surface area contributed by atoms with Gasteiger partial charge in [0.15, 0.2) is 9.84 Å². The van der Waals surface area contributed by atoms with Crippen molar-refractivity contribution in [2.45, 2.75) is 16.6 Å². The van der Waals surface area contributed by atoms with Crippen LogP contribution >= 0.6 is 11.8 Å². The molecule has 1 atom stereocenters. The molecule has 2 heterocycles. The van der Waals surface area contributed by atoms with E-state index in [1.165, 1.54) is 24.0 Å². The lowest BCUT2D eigenvalue weighted by atomic mass is 10.3. The molecule has 1 aliphatic rings. The van der Waals surface area contributed by atoms with E-state index in [0.29, 0.717) is 6.42 Å². The van der Waals surface area contributed by atoms with Gasteiger partial charge in [-0.2, -0.15) is 0 Å². The lowest BCUT2D eigenvalue weighted by molar-refractivity contribution is 0.0690. The van der Waals surface area contributed by atoms with Crippen molar-refractivity contribution in [1.82, 2.24) is 4.98 Å². The van der Waals surface area contributed by atoms with Gasteiger partial charge in [-0.3, -0.25) is 0 Å². The Bertz CT molecular complexity index is 541. The topological polar surface area (TPSA) is 84.3 Å². The predicted molar refractivity (Wildman–Crippen MR) is 64.1 cm³/mol. The van der Waals surface area contributed by atoms with Crippen LogP contribution in [0, 0.1) is 0 Å². The summed E-state index contributed by atoms with van der Waals surface area (Å²) in [5.41, 5.74) is -0.0177. The monoisotopic (exact) mass is 273 g/mol. The van der Waals surface area contributed by atoms with Crippen molar-refractivity contribution in [1.29, 1.82) is 0 Å². The molecule has 0 radical (unpaired) electrons. The van der Waals surface area contributed by atoms with E-state index >= 15 is 0 Å². The van der Waals surface area contributed by atoms with Gasteiger partial charge in [0, 0.05) is 16.3 Å². The van der Waals surface area contributed by atoms with E-state index in [1.807, 2.05) is 0 Å². The first-order chi connectivity index (χ1) is 7.96. The van der Waals surface area contributed by atoms with E-state index in [-0.39, 0.29) is 22.4 Å². The van der Waals surface area contributed by atoms with Crippen LogP contribution in [0.2, 0.25) is 0 Å². The molecule has 1 fully saturated rings. The largest absolute Gasteiger partial charge is 0.477 e. The highest BCUT2D eigenvalue weighted by Crippen LogP contribution is 2.30. The van der Waals surface area contributed by atoms with Gasteiger partial charge in [-0.05, 0) is 18.6 Å². The molecule has 1 aliphatic heterocycles. The van der Waals surface area contributed by atoms with E-state index in [0.717, 1.165) is 4.90 Å². The Morgan fingerprint density at radius 3 is 2.88 bits per heavy atom. The minimum absolute atomic E-state index is 0.0176. The molecule has 0 amide bonds. The third-order valence-electron chi connectivity index (χ3n) is 2.44. The lowest BCUT2D eigenvalue weighted by Gasteiger charge is -2.07. The Kier molecular flexibility index (Phi) is 3.39. The predicted octanol–water partition coefficient (Wildman–Crippen LogP) is 1.06. The molecule has 0 aromatic carbocycles. The maximum absolute atomic E-state index is 11.3. The first kappa shape index (κ1) is 12.4. The summed E-state index contributed by atoms with van der Waals surface area (Å²) in [5.74, 6) is -0.685. The first-order valence-corrected chi connectivity index (χ1v) is 7.73. The number of carboxylic acid groups (broad SMARTS) is 1. The Balaban J connectivity index is 2.09. The number of pyridine rings is 1. The number of carbonyl (C=O) groups is 1. The third kappa shape index (κ3) is 3.19. The second kappa shape index (κ2) is 4.66. The second-order valence-corrected chi connectivity index (χ2v) is 7.43. The minimum atomic E-state index is -2.89. The van der Waals surface area contributed by atoms with E-state index < -0.39 is 15.8 Å². The normalized spacial score (nSPS) is 22.5. The van der Waals surface area contributed by atoms with Crippen molar-refractivity contribution in [3.63, 3.8) is 0 Å². The molecule has 0 saturated carbocycles. The maximum atomic E-state index is 11.3. The van der Waals surface area contributed by atoms with Crippen molar-refractivity contribution in [3.8, 4) is 0 Å². The van der Waals surface area contributed by atoms with E-state index in [9.17, 15) is 13.2 Å². The fourth-order valence-corrected chi connectivity index (χ4v) is 5.17. The molecule has 92 valence electrons. The van der Waals surface area contributed by atoms with Crippen LogP contribution in [0.15, 0.2) is 23.2 Å². The number of carboxylic acids is 1. The van der Waals surface area contributed by atoms with Gasteiger partial charge in [0.05, 0.1) is 11.5 Å². The molecule has 5 nitrogen and oxygen atoms in total. The standard InChI is InChI=1S/C10H11NO4S2/c12-10(13)9-5-7(1-3-11-9)16-8-2-4-17(14,15)6-8/h1,3,5,8H,2,4,6H2,(H,12,13). The van der Waals surface area contributed by atoms with Gasteiger partial charge >= 0.3 is 5.97 Å². The quantitative estimate of drug-likeness (QED) is 0.886. The van der Waals surface area contributed by atoms with Crippen molar-refractivity contribution in [3.05, 3.63) is 24.0 Å². The van der Waals surface area contributed by atoms with Gasteiger partial charge in [0.1, 0.15) is 5.69 Å². The number of hydrogen-bond donors (Lipinski definition) is 1. The van der Waals surface area contributed by atoms with Crippen LogP contribution in [0.25, 0.3) is 0 Å². The molecule has 1 unspecified atom stereocenters. The molecular formula is C10H11NO4S2. The Morgan fingerprint density at radius 1 is 1.53 bits per heavy atom. The van der Waals surface area contributed by atoms with Gasteiger partial charge in [-0.1, -0.05) is 0 Å². The molecular weight excluding hydrogens is 262 g/mol. The van der Waals surface area contributed by atoms with Crippen LogP contribution < -0.4 is 0 Å². The highest BCUT2D eigenvalue weighted by Gasteiger charge is 2.28. The molecule has 17 heavy (non-hydrogen) atoms. The second-order valence-electron chi connectivity index (χ2n) is 3.82. The van der Waals surface area contributed by atoms with Gasteiger partial charge in [-0.25, -0.2) is 18.2 Å². The summed E-state index contributed by atoms with van der Waals surface area (Å²) in [6.45, 7) is 0. The van der Waals surface area contributed by atoms with Gasteiger partial charge in [0.2, 0.25) is 0 Å². The number of aromatic nitrogens is 1. The zero-order valence-corrected chi connectivity index (χ0v) is 10.5. The smallest absolute Gasteiger partial charge is 0.354 e. The number of thioether (sulfide) groups is 1. The SMILES string of the molecule is O=C(O)c1cc(SC2CCS(=O)(=O)C2)ccn1. The molecule has 7 heteroatoms. The molecule has 0 spiro atoms. The van der Waals surface area contributed by atoms with Gasteiger partial charge < -0.3 is 5.11 Å². The van der Waals surface area contributed by atoms with E-state index in [2.05, 4.69) is 4.98 Å². The highest BCUT2D eigenvalue weighted by atomic mass is 32.2. The van der Waals surface area contributed by atoms with Gasteiger partial charge in [-0.15, -0.1) is 11.8 Å². The summed E-state index contributed by atoms with van der Waals surface area (Å²) >= 11 is 1.40. The molecule has 1 N–H and O–H groups in total. The summed E-state index contributed by atoms with van der Waals surface area (Å²) in [6.07, 6.45) is 2.05. The Labute approximate surface area is 103 Å². The van der Waals surface area contributed by atoms with Crippen LogP contribution in [-0.4, -0.2) is 41.2 Å². The molecule has 2 rings (SSSR count). The number of rotatable bonds is 3. The lowest BCUT2D eigenvalue weighted by Crippen LogP contribution is -2.06. The Morgan fingerprint density at radius 2 is 2.29 bits per heavy atom. The number of nitrogens with zero attached hydrogens (tertiary/aromatic N) is 1. The van der Waals surface area contributed by atoms with E-state index in [4.69, 9.17) is 5.11 Å². The first-order valence-electron chi connectivity index (χ1n) is 5.03. The minimum Gasteiger partial charge on any atom is -0.477 e. The summed E-state index contributed by atoms with van der Waals surface area (Å²) in [7, 11) is -2.89. The fraction of sp³-hybridized carbons (Fsp3) is 0.400. The number of hydrogen-bond acceptors (Lipinski definition) is 5. The zero-order chi connectivity index (χ0) is 12.5. The van der Waals surface area contributed by atoms with Crippen molar-refractivity contribution in [2.75, 3.05) is 11.5 Å².